The maximum absolute atomic E-state index is 14.4. The molecule has 2 heterocycles. The van der Waals surface area contributed by atoms with E-state index < -0.39 is 76.6 Å². The lowest BCUT2D eigenvalue weighted by molar-refractivity contribution is -0.158. The van der Waals surface area contributed by atoms with Crippen molar-refractivity contribution in [3.05, 3.63) is 12.2 Å². The van der Waals surface area contributed by atoms with Gasteiger partial charge >= 0.3 is 0 Å². The van der Waals surface area contributed by atoms with Crippen molar-refractivity contribution in [1.82, 2.24) is 15.5 Å². The molecule has 214 valence electrons. The Labute approximate surface area is 225 Å². The van der Waals surface area contributed by atoms with Gasteiger partial charge in [-0.15, -0.1) is 0 Å². The first-order chi connectivity index (χ1) is 18.1. The van der Waals surface area contributed by atoms with Crippen LogP contribution in [0.1, 0.15) is 46.5 Å². The van der Waals surface area contributed by atoms with Gasteiger partial charge in [0, 0.05) is 31.3 Å². The van der Waals surface area contributed by atoms with Crippen LogP contribution in [0.25, 0.3) is 0 Å². The van der Waals surface area contributed by atoms with Gasteiger partial charge < -0.3 is 27.0 Å². The molecule has 6 N–H and O–H groups in total. The molecule has 4 fully saturated rings. The molecule has 5 unspecified atom stereocenters. The van der Waals surface area contributed by atoms with Gasteiger partial charge in [0.05, 0.1) is 5.92 Å². The Balaban J connectivity index is 1.57. The van der Waals surface area contributed by atoms with Crippen LogP contribution in [0.4, 0.5) is 8.78 Å². The molecule has 39 heavy (non-hydrogen) atoms. The number of halogens is 2. The van der Waals surface area contributed by atoms with E-state index >= 15 is 0 Å². The first kappa shape index (κ1) is 27.5. The Hall–Kier alpha value is -3.05. The van der Waals surface area contributed by atoms with Gasteiger partial charge in [-0.1, -0.05) is 32.9 Å². The topological polar surface area (TPSA) is 165 Å². The Morgan fingerprint density at radius 3 is 2.33 bits per heavy atom. The molecule has 9 atom stereocenters. The van der Waals surface area contributed by atoms with Crippen LogP contribution in [0.15, 0.2) is 12.2 Å². The summed E-state index contributed by atoms with van der Waals surface area (Å²) in [4.78, 5) is 67.7. The highest BCUT2D eigenvalue weighted by Gasteiger charge is 2.71. The van der Waals surface area contributed by atoms with E-state index in [1.165, 1.54) is 4.90 Å². The minimum Gasteiger partial charge on any atom is -0.369 e. The summed E-state index contributed by atoms with van der Waals surface area (Å²) in [6.07, 6.45) is 4.58. The number of primary amides is 2. The summed E-state index contributed by atoms with van der Waals surface area (Å²) in [7, 11) is 0. The van der Waals surface area contributed by atoms with Crippen molar-refractivity contribution in [3.8, 4) is 0 Å². The third-order valence-corrected chi connectivity index (χ3v) is 9.73. The molecule has 12 heteroatoms. The highest BCUT2D eigenvalue weighted by atomic mass is 19.3. The van der Waals surface area contributed by atoms with E-state index in [0.29, 0.717) is 13.0 Å². The SMILES string of the molecule is CC(C)(C)[C@H](NC(=O)[C@H]1CC1(F)F)C(=O)N1CC2C3C=CC(C3)C2C1(C(N)=O)[C@H](C[C@H]1CCNC1=O)C(N)=O. The molecule has 5 aliphatic rings. The van der Waals surface area contributed by atoms with Crippen molar-refractivity contribution in [2.45, 2.75) is 64.0 Å². The van der Waals surface area contributed by atoms with Crippen LogP contribution in [0.2, 0.25) is 0 Å². The average molecular weight is 550 g/mol. The fourth-order valence-electron chi connectivity index (χ4n) is 7.74. The maximum Gasteiger partial charge on any atom is 0.260 e. The number of amides is 5. The van der Waals surface area contributed by atoms with Crippen molar-refractivity contribution in [1.29, 1.82) is 0 Å². The van der Waals surface area contributed by atoms with Gasteiger partial charge in [-0.25, -0.2) is 8.78 Å². The van der Waals surface area contributed by atoms with Crippen LogP contribution in [-0.2, 0) is 24.0 Å². The molecule has 2 saturated carbocycles. The molecule has 0 radical (unpaired) electrons. The summed E-state index contributed by atoms with van der Waals surface area (Å²) < 4.78 is 27.4. The zero-order valence-corrected chi connectivity index (χ0v) is 22.4. The van der Waals surface area contributed by atoms with Gasteiger partial charge in [0.25, 0.3) is 5.92 Å². The second-order valence-corrected chi connectivity index (χ2v) is 13.1. The lowest BCUT2D eigenvalue weighted by Gasteiger charge is -2.47. The van der Waals surface area contributed by atoms with E-state index in [0.717, 1.165) is 6.42 Å². The largest absolute Gasteiger partial charge is 0.369 e. The van der Waals surface area contributed by atoms with E-state index in [2.05, 4.69) is 10.6 Å². The number of hydrogen-bond acceptors (Lipinski definition) is 5. The van der Waals surface area contributed by atoms with Crippen molar-refractivity contribution >= 4 is 29.5 Å². The van der Waals surface area contributed by atoms with Gasteiger partial charge in [0.15, 0.2) is 0 Å². The summed E-state index contributed by atoms with van der Waals surface area (Å²) in [6.45, 7) is 5.57. The number of alkyl halides is 2. The van der Waals surface area contributed by atoms with E-state index in [1.807, 2.05) is 12.2 Å². The van der Waals surface area contributed by atoms with Gasteiger partial charge in [-0.05, 0) is 42.4 Å². The molecule has 2 bridgehead atoms. The normalized spacial score (nSPS) is 37.3. The van der Waals surface area contributed by atoms with E-state index in [9.17, 15) is 32.8 Å². The first-order valence-corrected chi connectivity index (χ1v) is 13.7. The number of allylic oxidation sites excluding steroid dienone is 2. The molecule has 0 aromatic carbocycles. The Morgan fingerprint density at radius 1 is 1.18 bits per heavy atom. The van der Waals surface area contributed by atoms with Gasteiger partial charge in [0.1, 0.15) is 17.5 Å². The van der Waals surface area contributed by atoms with E-state index in [1.54, 1.807) is 20.8 Å². The van der Waals surface area contributed by atoms with Crippen LogP contribution in [0.3, 0.4) is 0 Å². The molecular formula is C27H37F2N5O5. The number of nitrogens with one attached hydrogen (secondary N) is 2. The number of nitrogens with zero attached hydrogens (tertiary/aromatic N) is 1. The second-order valence-electron chi connectivity index (χ2n) is 13.1. The number of carbonyl (C=O) groups excluding carboxylic acids is 5. The van der Waals surface area contributed by atoms with Gasteiger partial charge in [0.2, 0.25) is 29.5 Å². The number of hydrogen-bond donors (Lipinski definition) is 4. The minimum absolute atomic E-state index is 0.0565. The highest BCUT2D eigenvalue weighted by Crippen LogP contribution is 2.61. The van der Waals surface area contributed by atoms with Crippen molar-refractivity contribution < 1.29 is 32.8 Å². The molecule has 10 nitrogen and oxygen atoms in total. The number of rotatable bonds is 8. The zero-order valence-electron chi connectivity index (χ0n) is 22.4. The summed E-state index contributed by atoms with van der Waals surface area (Å²) in [5, 5.41) is 5.25. The summed E-state index contributed by atoms with van der Waals surface area (Å²) in [6, 6.07) is -1.27. The van der Waals surface area contributed by atoms with Crippen LogP contribution >= 0.6 is 0 Å². The quantitative estimate of drug-likeness (QED) is 0.320. The maximum atomic E-state index is 14.4. The summed E-state index contributed by atoms with van der Waals surface area (Å²) in [5.74, 6) is -10.8. The smallest absolute Gasteiger partial charge is 0.260 e. The first-order valence-electron chi connectivity index (χ1n) is 13.7. The minimum atomic E-state index is -3.12. The van der Waals surface area contributed by atoms with E-state index in [-0.39, 0.29) is 36.6 Å². The molecule has 0 spiro atoms. The third-order valence-electron chi connectivity index (χ3n) is 9.73. The zero-order chi connectivity index (χ0) is 28.7. The summed E-state index contributed by atoms with van der Waals surface area (Å²) >= 11 is 0. The number of nitrogens with two attached hydrogens (primary N) is 2. The van der Waals surface area contributed by atoms with Crippen molar-refractivity contribution in [3.63, 3.8) is 0 Å². The molecule has 0 aromatic heterocycles. The Kier molecular flexibility index (Phi) is 6.34. The van der Waals surface area contributed by atoms with Crippen LogP contribution in [-0.4, -0.2) is 65.0 Å². The van der Waals surface area contributed by atoms with Crippen LogP contribution in [0.5, 0.6) is 0 Å². The predicted octanol–water partition coefficient (Wildman–Crippen LogP) is 0.305. The fourth-order valence-corrected chi connectivity index (χ4v) is 7.74. The van der Waals surface area contributed by atoms with Crippen LogP contribution < -0.4 is 22.1 Å². The Bertz CT molecular complexity index is 1150. The number of fused-ring (bicyclic) bond motifs is 5. The second kappa shape index (κ2) is 8.99. The molecule has 2 aliphatic heterocycles. The van der Waals surface area contributed by atoms with Crippen molar-refractivity contribution in [2.24, 2.45) is 58.3 Å². The third kappa shape index (κ3) is 4.21. The number of carbonyl (C=O) groups is 5. The van der Waals surface area contributed by atoms with Crippen LogP contribution in [0, 0.1) is 46.8 Å². The number of likely N-dealkylation sites (tertiary alicyclic amines) is 1. The Morgan fingerprint density at radius 2 is 1.82 bits per heavy atom. The predicted molar refractivity (Wildman–Crippen MR) is 134 cm³/mol. The highest BCUT2D eigenvalue weighted by molar-refractivity contribution is 6.00. The van der Waals surface area contributed by atoms with Gasteiger partial charge in [-0.3, -0.25) is 24.0 Å². The lowest BCUT2D eigenvalue weighted by Crippen LogP contribution is -2.70. The fraction of sp³-hybridized carbons (Fsp3) is 0.741. The van der Waals surface area contributed by atoms with Gasteiger partial charge in [-0.2, -0.15) is 0 Å². The van der Waals surface area contributed by atoms with E-state index in [4.69, 9.17) is 11.5 Å². The molecule has 0 aromatic rings. The summed E-state index contributed by atoms with van der Waals surface area (Å²) in [5.41, 5.74) is 9.33. The lowest BCUT2D eigenvalue weighted by atomic mass is 9.64. The molecule has 2 saturated heterocycles. The van der Waals surface area contributed by atoms with Crippen molar-refractivity contribution in [2.75, 3.05) is 13.1 Å². The molecular weight excluding hydrogens is 512 g/mol. The molecule has 5 rings (SSSR count). The molecule has 5 amide bonds. The monoisotopic (exact) mass is 549 g/mol. The molecule has 3 aliphatic carbocycles. The standard InChI is InChI=1S/C27H37F2N5O5/c1-25(2,3)19(33-22(37)17-10-26(17,28)29)23(38)34-11-15-12-4-5-13(8-12)18(15)27(34,24(31)39)16(20(30)35)9-14-6-7-32-21(14)36/h4-5,12-19H,6-11H2,1-3H3,(H2,30,35)(H2,31,39)(H,32,36)(H,33,37)/t12?,13?,14-,15?,16-,17-,18?,19-,27?/m1/s1. The average Bonchev–Trinajstić information content (AvgIpc) is 3.34.